The third-order valence-electron chi connectivity index (χ3n) is 2.23. The fraction of sp³-hybridized carbons (Fsp3) is 0.818. The zero-order chi connectivity index (χ0) is 13.8. The normalized spacial score (nSPS) is 10.0. The molecule has 18 heavy (non-hydrogen) atoms. The summed E-state index contributed by atoms with van der Waals surface area (Å²) < 4.78 is 0. The number of amides is 4. The molecule has 0 bridgehead atoms. The maximum absolute atomic E-state index is 11.1. The van der Waals surface area contributed by atoms with Gasteiger partial charge < -0.3 is 26.2 Å². The van der Waals surface area contributed by atoms with Crippen molar-refractivity contribution in [2.45, 2.75) is 13.8 Å². The van der Waals surface area contributed by atoms with Crippen LogP contribution in [-0.2, 0) is 0 Å². The molecule has 0 aromatic rings. The van der Waals surface area contributed by atoms with Gasteiger partial charge in [0.25, 0.3) is 0 Å². The van der Waals surface area contributed by atoms with Crippen LogP contribution in [0.25, 0.3) is 0 Å². The summed E-state index contributed by atoms with van der Waals surface area (Å²) in [6.45, 7) is 7.66. The van der Waals surface area contributed by atoms with Gasteiger partial charge in [-0.25, -0.2) is 9.59 Å². The van der Waals surface area contributed by atoms with Crippen molar-refractivity contribution in [2.24, 2.45) is 0 Å². The maximum atomic E-state index is 11.1. The van der Waals surface area contributed by atoms with E-state index in [2.05, 4.69) is 21.3 Å². The quantitative estimate of drug-likeness (QED) is 0.476. The second-order valence-electron chi connectivity index (χ2n) is 3.88. The molecule has 0 saturated heterocycles. The Hall–Kier alpha value is -1.50. The van der Waals surface area contributed by atoms with E-state index in [0.29, 0.717) is 26.2 Å². The zero-order valence-electron chi connectivity index (χ0n) is 11.5. The highest BCUT2D eigenvalue weighted by atomic mass is 16.2. The molecule has 0 unspecified atom stereocenters. The Balaban J connectivity index is 3.45. The molecular formula is C11H25N5O2. The first kappa shape index (κ1) is 16.5. The summed E-state index contributed by atoms with van der Waals surface area (Å²) in [5, 5.41) is 10.8. The Labute approximate surface area is 109 Å². The molecule has 0 atom stereocenters. The molecule has 0 aromatic carbocycles. The lowest BCUT2D eigenvalue weighted by molar-refractivity contribution is 0.237. The van der Waals surface area contributed by atoms with Gasteiger partial charge in [0.1, 0.15) is 0 Å². The Morgan fingerprint density at radius 2 is 1.22 bits per heavy atom. The van der Waals surface area contributed by atoms with Crippen LogP contribution in [0.5, 0.6) is 0 Å². The smallest absolute Gasteiger partial charge is 0.314 e. The summed E-state index contributed by atoms with van der Waals surface area (Å²) in [5.41, 5.74) is 0. The highest BCUT2D eigenvalue weighted by Gasteiger charge is 2.02. The van der Waals surface area contributed by atoms with Crippen LogP contribution < -0.4 is 21.3 Å². The highest BCUT2D eigenvalue weighted by Crippen LogP contribution is 1.79. The minimum absolute atomic E-state index is 0.147. The molecule has 106 valence electrons. The van der Waals surface area contributed by atoms with E-state index in [4.69, 9.17) is 0 Å². The molecule has 0 saturated carbocycles. The molecule has 0 rings (SSSR count). The van der Waals surface area contributed by atoms with E-state index in [1.807, 2.05) is 25.8 Å². The van der Waals surface area contributed by atoms with Crippen LogP contribution in [0.4, 0.5) is 9.59 Å². The first-order valence-electron chi connectivity index (χ1n) is 6.32. The van der Waals surface area contributed by atoms with Crippen molar-refractivity contribution < 1.29 is 9.59 Å². The van der Waals surface area contributed by atoms with Crippen molar-refractivity contribution in [3.8, 4) is 0 Å². The lowest BCUT2D eigenvalue weighted by Crippen LogP contribution is -2.42. The third kappa shape index (κ3) is 9.71. The molecule has 7 nitrogen and oxygen atoms in total. The largest absolute Gasteiger partial charge is 0.338 e. The molecule has 0 aromatic heterocycles. The van der Waals surface area contributed by atoms with Crippen molar-refractivity contribution in [3.05, 3.63) is 0 Å². The van der Waals surface area contributed by atoms with Gasteiger partial charge in [0, 0.05) is 39.3 Å². The van der Waals surface area contributed by atoms with Gasteiger partial charge >= 0.3 is 12.1 Å². The standard InChI is InChI=1S/C11H25N5O2/c1-4-12-10(17)14-6-8-16(3)9-7-15-11(18)13-5-2/h4-9H2,1-3H3,(H2,12,14,17)(H2,13,15,18). The minimum atomic E-state index is -0.147. The first-order valence-corrected chi connectivity index (χ1v) is 6.32. The predicted molar refractivity (Wildman–Crippen MR) is 71.6 cm³/mol. The van der Waals surface area contributed by atoms with Gasteiger partial charge in [-0.3, -0.25) is 0 Å². The van der Waals surface area contributed by atoms with Crippen LogP contribution in [0, 0.1) is 0 Å². The monoisotopic (exact) mass is 259 g/mol. The SMILES string of the molecule is CCNC(=O)NCCN(C)CCNC(=O)NCC. The molecule has 4 N–H and O–H groups in total. The highest BCUT2D eigenvalue weighted by molar-refractivity contribution is 5.74. The summed E-state index contributed by atoms with van der Waals surface area (Å²) >= 11 is 0. The van der Waals surface area contributed by atoms with E-state index in [1.165, 1.54) is 0 Å². The lowest BCUT2D eigenvalue weighted by atomic mass is 10.5. The van der Waals surface area contributed by atoms with E-state index >= 15 is 0 Å². The van der Waals surface area contributed by atoms with Crippen molar-refractivity contribution in [1.82, 2.24) is 26.2 Å². The predicted octanol–water partition coefficient (Wildman–Crippen LogP) is -0.444. The van der Waals surface area contributed by atoms with E-state index in [9.17, 15) is 9.59 Å². The van der Waals surface area contributed by atoms with E-state index < -0.39 is 0 Å². The molecule has 0 aliphatic rings. The maximum Gasteiger partial charge on any atom is 0.314 e. The van der Waals surface area contributed by atoms with Gasteiger partial charge in [0.2, 0.25) is 0 Å². The molecular weight excluding hydrogens is 234 g/mol. The molecule has 7 heteroatoms. The summed E-state index contributed by atoms with van der Waals surface area (Å²) in [6.07, 6.45) is 0. The second-order valence-corrected chi connectivity index (χ2v) is 3.88. The van der Waals surface area contributed by atoms with Crippen LogP contribution in [0.15, 0.2) is 0 Å². The number of likely N-dealkylation sites (N-methyl/N-ethyl adjacent to an activating group) is 1. The molecule has 0 aliphatic carbocycles. The summed E-state index contributed by atoms with van der Waals surface area (Å²) in [6, 6.07) is -0.294. The summed E-state index contributed by atoms with van der Waals surface area (Å²) in [4.78, 5) is 24.2. The van der Waals surface area contributed by atoms with Gasteiger partial charge in [0.05, 0.1) is 0 Å². The zero-order valence-corrected chi connectivity index (χ0v) is 11.5. The number of nitrogens with zero attached hydrogens (tertiary/aromatic N) is 1. The van der Waals surface area contributed by atoms with Gasteiger partial charge in [-0.1, -0.05) is 0 Å². The number of urea groups is 2. The number of hydrogen-bond acceptors (Lipinski definition) is 3. The molecule has 0 aliphatic heterocycles. The van der Waals surface area contributed by atoms with Crippen molar-refractivity contribution in [3.63, 3.8) is 0 Å². The average Bonchev–Trinajstić information content (AvgIpc) is 2.29. The molecule has 0 spiro atoms. The summed E-state index contributed by atoms with van der Waals surface area (Å²) in [5.74, 6) is 0. The average molecular weight is 259 g/mol. The Morgan fingerprint density at radius 3 is 1.56 bits per heavy atom. The number of carbonyl (C=O) groups is 2. The van der Waals surface area contributed by atoms with E-state index in [-0.39, 0.29) is 12.1 Å². The number of hydrogen-bond donors (Lipinski definition) is 4. The van der Waals surface area contributed by atoms with Crippen molar-refractivity contribution >= 4 is 12.1 Å². The van der Waals surface area contributed by atoms with Gasteiger partial charge in [0.15, 0.2) is 0 Å². The van der Waals surface area contributed by atoms with Crippen molar-refractivity contribution in [2.75, 3.05) is 46.3 Å². The first-order chi connectivity index (χ1) is 8.60. The van der Waals surface area contributed by atoms with Crippen molar-refractivity contribution in [1.29, 1.82) is 0 Å². The Bertz CT molecular complexity index is 224. The van der Waals surface area contributed by atoms with Crippen LogP contribution in [-0.4, -0.2) is 63.3 Å². The minimum Gasteiger partial charge on any atom is -0.338 e. The van der Waals surface area contributed by atoms with E-state index in [1.54, 1.807) is 0 Å². The summed E-state index contributed by atoms with van der Waals surface area (Å²) in [7, 11) is 1.94. The van der Waals surface area contributed by atoms with Crippen LogP contribution in [0.3, 0.4) is 0 Å². The Kier molecular flexibility index (Phi) is 9.75. The number of nitrogens with one attached hydrogen (secondary N) is 4. The fourth-order valence-electron chi connectivity index (χ4n) is 1.28. The fourth-order valence-corrected chi connectivity index (χ4v) is 1.28. The lowest BCUT2D eigenvalue weighted by Gasteiger charge is -2.17. The molecule has 4 amide bonds. The molecule has 0 fully saturated rings. The van der Waals surface area contributed by atoms with Gasteiger partial charge in [-0.05, 0) is 20.9 Å². The number of rotatable bonds is 8. The second kappa shape index (κ2) is 10.6. The molecule has 0 radical (unpaired) electrons. The molecule has 0 heterocycles. The van der Waals surface area contributed by atoms with Gasteiger partial charge in [-0.15, -0.1) is 0 Å². The van der Waals surface area contributed by atoms with Crippen LogP contribution in [0.2, 0.25) is 0 Å². The Morgan fingerprint density at radius 1 is 0.833 bits per heavy atom. The van der Waals surface area contributed by atoms with E-state index in [0.717, 1.165) is 13.1 Å². The topological polar surface area (TPSA) is 85.5 Å². The van der Waals surface area contributed by atoms with Crippen LogP contribution in [0.1, 0.15) is 13.8 Å². The number of carbonyl (C=O) groups excluding carboxylic acids is 2. The third-order valence-corrected chi connectivity index (χ3v) is 2.23. The van der Waals surface area contributed by atoms with Crippen LogP contribution >= 0.6 is 0 Å². The van der Waals surface area contributed by atoms with Gasteiger partial charge in [-0.2, -0.15) is 0 Å².